The van der Waals surface area contributed by atoms with Gasteiger partial charge in [-0.15, -0.1) is 0 Å². The number of carbonyl (C=O) groups excluding carboxylic acids is 5. The third-order valence-corrected chi connectivity index (χ3v) is 10.6. The number of halogens is 1. The summed E-state index contributed by atoms with van der Waals surface area (Å²) in [5.74, 6) is -1.64. The zero-order valence-corrected chi connectivity index (χ0v) is 26.4. The molecule has 45 heavy (non-hydrogen) atoms. The van der Waals surface area contributed by atoms with Crippen molar-refractivity contribution < 1.29 is 24.0 Å². The molecule has 9 nitrogen and oxygen atoms in total. The minimum atomic E-state index is -1.03. The summed E-state index contributed by atoms with van der Waals surface area (Å²) in [5, 5.41) is 2.95. The lowest BCUT2D eigenvalue weighted by Gasteiger charge is -2.35. The SMILES string of the molecule is CC1(C)CCC(CN2CC3CN(C(=O)c4ccc5c(c4)C(=O)N(C4CCC(=O)NC4=O)C5=O)CC3C2)=C(c2ccc(Cl)cc2)C1. The first-order valence-electron chi connectivity index (χ1n) is 15.8. The number of nitrogens with one attached hydrogen (secondary N) is 1. The normalized spacial score (nSPS) is 26.4. The molecule has 4 heterocycles. The molecule has 0 aromatic heterocycles. The van der Waals surface area contributed by atoms with Crippen molar-refractivity contribution in [2.24, 2.45) is 17.3 Å². The van der Waals surface area contributed by atoms with Crippen LogP contribution in [0.3, 0.4) is 0 Å². The molecule has 2 aromatic carbocycles. The van der Waals surface area contributed by atoms with Gasteiger partial charge in [0.25, 0.3) is 17.7 Å². The Morgan fingerprint density at radius 3 is 2.29 bits per heavy atom. The summed E-state index contributed by atoms with van der Waals surface area (Å²) in [7, 11) is 0. The van der Waals surface area contributed by atoms with Gasteiger partial charge in [-0.3, -0.25) is 39.1 Å². The van der Waals surface area contributed by atoms with Gasteiger partial charge in [0.2, 0.25) is 11.8 Å². The Kier molecular flexibility index (Phi) is 7.44. The number of nitrogens with zero attached hydrogens (tertiary/aromatic N) is 3. The van der Waals surface area contributed by atoms with Gasteiger partial charge < -0.3 is 4.90 Å². The topological polar surface area (TPSA) is 107 Å². The number of amides is 5. The van der Waals surface area contributed by atoms with Crippen molar-refractivity contribution in [1.82, 2.24) is 20.0 Å². The summed E-state index contributed by atoms with van der Waals surface area (Å²) in [5.41, 5.74) is 5.13. The van der Waals surface area contributed by atoms with E-state index >= 15 is 0 Å². The maximum atomic E-state index is 13.6. The van der Waals surface area contributed by atoms with E-state index in [0.717, 1.165) is 42.4 Å². The first-order valence-corrected chi connectivity index (χ1v) is 16.2. The molecule has 3 saturated heterocycles. The third kappa shape index (κ3) is 5.50. The minimum Gasteiger partial charge on any atom is -0.338 e. The molecule has 10 heteroatoms. The van der Waals surface area contributed by atoms with Crippen LogP contribution >= 0.6 is 11.6 Å². The van der Waals surface area contributed by atoms with Gasteiger partial charge in [-0.1, -0.05) is 43.2 Å². The van der Waals surface area contributed by atoms with E-state index in [0.29, 0.717) is 30.5 Å². The molecule has 0 bridgehead atoms. The molecule has 1 aliphatic carbocycles. The number of allylic oxidation sites excluding steroid dienone is 1. The Bertz CT molecular complexity index is 1650. The summed E-state index contributed by atoms with van der Waals surface area (Å²) < 4.78 is 0. The Labute approximate surface area is 267 Å². The Balaban J connectivity index is 1.01. The van der Waals surface area contributed by atoms with Crippen molar-refractivity contribution >= 4 is 46.7 Å². The summed E-state index contributed by atoms with van der Waals surface area (Å²) in [6, 6.07) is 11.8. The molecule has 0 spiro atoms. The monoisotopic (exact) mass is 628 g/mol. The fraction of sp³-hybridized carbons (Fsp3) is 0.457. The van der Waals surface area contributed by atoms with E-state index in [1.165, 1.54) is 35.3 Å². The number of likely N-dealkylation sites (tertiary alicyclic amines) is 2. The lowest BCUT2D eigenvalue weighted by molar-refractivity contribution is -0.136. The average Bonchev–Trinajstić information content (AvgIpc) is 3.64. The van der Waals surface area contributed by atoms with Gasteiger partial charge in [0.15, 0.2) is 0 Å². The van der Waals surface area contributed by atoms with Crippen LogP contribution in [0.1, 0.15) is 82.6 Å². The zero-order valence-electron chi connectivity index (χ0n) is 25.6. The first kappa shape index (κ1) is 29.9. The van der Waals surface area contributed by atoms with E-state index < -0.39 is 29.7 Å². The zero-order chi connectivity index (χ0) is 31.6. The molecule has 0 saturated carbocycles. The second kappa shape index (κ2) is 11.2. The highest BCUT2D eigenvalue weighted by Gasteiger charge is 2.46. The Morgan fingerprint density at radius 1 is 0.911 bits per heavy atom. The number of hydrogen-bond acceptors (Lipinski definition) is 6. The summed E-state index contributed by atoms with van der Waals surface area (Å²) in [6.07, 6.45) is 3.45. The molecule has 0 radical (unpaired) electrons. The second-order valence-electron chi connectivity index (χ2n) is 14.1. The number of piperidine rings is 1. The smallest absolute Gasteiger partial charge is 0.262 e. The van der Waals surface area contributed by atoms with E-state index in [-0.39, 0.29) is 35.3 Å². The van der Waals surface area contributed by atoms with Gasteiger partial charge in [0.05, 0.1) is 11.1 Å². The lowest BCUT2D eigenvalue weighted by Crippen LogP contribution is -2.54. The molecule has 5 amide bonds. The second-order valence-corrected chi connectivity index (χ2v) is 14.5. The van der Waals surface area contributed by atoms with Gasteiger partial charge in [-0.25, -0.2) is 0 Å². The van der Waals surface area contributed by atoms with Crippen molar-refractivity contribution in [2.75, 3.05) is 32.7 Å². The van der Waals surface area contributed by atoms with Crippen LogP contribution in [0.15, 0.2) is 48.0 Å². The van der Waals surface area contributed by atoms with Crippen LogP contribution in [0.4, 0.5) is 0 Å². The van der Waals surface area contributed by atoms with Crippen LogP contribution < -0.4 is 5.32 Å². The lowest BCUT2D eigenvalue weighted by atomic mass is 9.72. The number of rotatable bonds is 5. The average molecular weight is 629 g/mol. The van der Waals surface area contributed by atoms with Crippen LogP contribution in [0.2, 0.25) is 5.02 Å². The molecule has 3 atom stereocenters. The van der Waals surface area contributed by atoms with E-state index in [4.69, 9.17) is 11.6 Å². The fourth-order valence-corrected chi connectivity index (χ4v) is 8.03. The van der Waals surface area contributed by atoms with Crippen LogP contribution in [0.25, 0.3) is 5.57 Å². The first-order chi connectivity index (χ1) is 21.5. The van der Waals surface area contributed by atoms with E-state index in [2.05, 4.69) is 36.2 Å². The molecular weight excluding hydrogens is 592 g/mol. The molecule has 2 aromatic rings. The quantitative estimate of drug-likeness (QED) is 0.492. The number of carbonyl (C=O) groups is 5. The molecule has 4 aliphatic heterocycles. The van der Waals surface area contributed by atoms with E-state index in [1.807, 2.05) is 17.0 Å². The Morgan fingerprint density at radius 2 is 1.60 bits per heavy atom. The van der Waals surface area contributed by atoms with Gasteiger partial charge in [0, 0.05) is 49.7 Å². The highest BCUT2D eigenvalue weighted by Crippen LogP contribution is 2.44. The van der Waals surface area contributed by atoms with Gasteiger partial charge in [-0.2, -0.15) is 0 Å². The van der Waals surface area contributed by atoms with Crippen molar-refractivity contribution in [1.29, 1.82) is 0 Å². The molecule has 3 unspecified atom stereocenters. The van der Waals surface area contributed by atoms with Crippen LogP contribution in [-0.2, 0) is 9.59 Å². The third-order valence-electron chi connectivity index (χ3n) is 10.3. The Hall–Kier alpha value is -3.82. The number of benzene rings is 2. The molecule has 5 aliphatic rings. The van der Waals surface area contributed by atoms with Crippen LogP contribution in [0.5, 0.6) is 0 Å². The van der Waals surface area contributed by atoms with Gasteiger partial charge in [0.1, 0.15) is 6.04 Å². The fourth-order valence-electron chi connectivity index (χ4n) is 7.91. The molecular formula is C35H37ClN4O5. The van der Waals surface area contributed by atoms with E-state index in [1.54, 1.807) is 6.07 Å². The summed E-state index contributed by atoms with van der Waals surface area (Å²) in [6.45, 7) is 8.81. The standard InChI is InChI=1S/C35H37ClN4O5/c1-35(2)12-11-22(28(14-35)20-3-6-25(36)7-4-20)15-38-16-23-18-39(19-24(23)17-38)32(43)21-5-8-26-27(13-21)34(45)40(33(26)44)29-9-10-30(41)37-31(29)42/h3-8,13,23-24,29H,9-12,14-19H2,1-2H3,(H,37,41,42). The number of hydrogen-bond donors (Lipinski definition) is 1. The molecule has 234 valence electrons. The van der Waals surface area contributed by atoms with Gasteiger partial charge >= 0.3 is 0 Å². The largest absolute Gasteiger partial charge is 0.338 e. The van der Waals surface area contributed by atoms with Crippen molar-refractivity contribution in [3.05, 3.63) is 75.3 Å². The minimum absolute atomic E-state index is 0.0571. The van der Waals surface area contributed by atoms with Crippen molar-refractivity contribution in [2.45, 2.75) is 52.0 Å². The molecule has 3 fully saturated rings. The highest BCUT2D eigenvalue weighted by atomic mass is 35.5. The predicted octanol–water partition coefficient (Wildman–Crippen LogP) is 4.41. The molecule has 1 N–H and O–H groups in total. The van der Waals surface area contributed by atoms with Crippen molar-refractivity contribution in [3.63, 3.8) is 0 Å². The maximum Gasteiger partial charge on any atom is 0.262 e. The molecule has 7 rings (SSSR count). The maximum absolute atomic E-state index is 13.6. The highest BCUT2D eigenvalue weighted by molar-refractivity contribution is 6.30. The van der Waals surface area contributed by atoms with Gasteiger partial charge in [-0.05, 0) is 84.4 Å². The number of imide groups is 2. The van der Waals surface area contributed by atoms with E-state index in [9.17, 15) is 24.0 Å². The van der Waals surface area contributed by atoms with Crippen LogP contribution in [0, 0.1) is 17.3 Å². The number of fused-ring (bicyclic) bond motifs is 2. The van der Waals surface area contributed by atoms with Crippen LogP contribution in [-0.4, -0.2) is 83.0 Å². The summed E-state index contributed by atoms with van der Waals surface area (Å²) in [4.78, 5) is 69.2. The predicted molar refractivity (Wildman–Crippen MR) is 168 cm³/mol. The summed E-state index contributed by atoms with van der Waals surface area (Å²) >= 11 is 6.18. The van der Waals surface area contributed by atoms with Crippen molar-refractivity contribution in [3.8, 4) is 0 Å².